The van der Waals surface area contributed by atoms with Crippen LogP contribution in [0.5, 0.6) is 5.75 Å². The Balaban J connectivity index is 1.09. The van der Waals surface area contributed by atoms with Crippen molar-refractivity contribution >= 4 is 63.1 Å². The second kappa shape index (κ2) is 18.2. The molecule has 0 bridgehead atoms. The van der Waals surface area contributed by atoms with Crippen LogP contribution in [0, 0.1) is 6.92 Å². The van der Waals surface area contributed by atoms with Gasteiger partial charge in [0.1, 0.15) is 5.75 Å². The van der Waals surface area contributed by atoms with Gasteiger partial charge in [0, 0.05) is 50.9 Å². The molecule has 2 heterocycles. The van der Waals surface area contributed by atoms with Crippen molar-refractivity contribution < 1.29 is 22.8 Å². The highest BCUT2D eigenvalue weighted by Crippen LogP contribution is 2.33. The summed E-state index contributed by atoms with van der Waals surface area (Å²) in [7, 11) is 0. The minimum atomic E-state index is -2.27. The number of fused-ring (bicyclic) bond motifs is 1. The zero-order valence-electron chi connectivity index (χ0n) is 35.9. The minimum Gasteiger partial charge on any atom is -0.385 e. The molecule has 0 aliphatic carbocycles. The molecule has 0 spiro atoms. The molecule has 0 saturated carbocycles. The van der Waals surface area contributed by atoms with Gasteiger partial charge in [0.15, 0.2) is 11.5 Å². The molecule has 14 heteroatoms. The van der Waals surface area contributed by atoms with Crippen molar-refractivity contribution in [2.24, 2.45) is 0 Å². The summed E-state index contributed by atoms with van der Waals surface area (Å²) < 4.78 is 24.4. The molecule has 3 N–H and O–H groups in total. The van der Waals surface area contributed by atoms with Crippen molar-refractivity contribution in [3.8, 4) is 5.75 Å². The highest BCUT2D eigenvalue weighted by Gasteiger charge is 2.27. The zero-order valence-corrected chi connectivity index (χ0v) is 36.7. The zero-order chi connectivity index (χ0) is 45.0. The van der Waals surface area contributed by atoms with Gasteiger partial charge in [0.2, 0.25) is 0 Å². The third-order valence-corrected chi connectivity index (χ3v) is 11.2. The van der Waals surface area contributed by atoms with Crippen molar-refractivity contribution in [3.63, 3.8) is 0 Å². The molecule has 0 saturated heterocycles. The second-order valence-corrected chi connectivity index (χ2v) is 17.0. The summed E-state index contributed by atoms with van der Waals surface area (Å²) in [6.07, 6.45) is 0. The fourth-order valence-corrected chi connectivity index (χ4v) is 7.78. The molecular weight excluding hydrogens is 825 g/mol. The number of nitrogens with zero attached hydrogens (tertiary/aromatic N) is 5. The Labute approximate surface area is 373 Å². The van der Waals surface area contributed by atoms with E-state index in [0.717, 1.165) is 5.69 Å². The smallest absolute Gasteiger partial charge is 0.316 e. The number of anilines is 5. The normalized spacial score (nSPS) is 12.3. The molecule has 13 nitrogen and oxygen atoms in total. The van der Waals surface area contributed by atoms with Crippen LogP contribution in [0.15, 0.2) is 164 Å². The fourth-order valence-electron chi connectivity index (χ4n) is 7.15. The molecule has 0 aliphatic heterocycles. The van der Waals surface area contributed by atoms with Gasteiger partial charge in [-0.15, -0.1) is 0 Å². The predicted octanol–water partition coefficient (Wildman–Crippen LogP) is 10.2. The molecule has 64 heavy (non-hydrogen) atoms. The van der Waals surface area contributed by atoms with Crippen LogP contribution in [-0.4, -0.2) is 41.7 Å². The van der Waals surface area contributed by atoms with Crippen LogP contribution in [-0.2, 0) is 16.7 Å². The average Bonchev–Trinajstić information content (AvgIpc) is 3.91. The number of para-hydroxylation sites is 4. The molecular formula is C50H46N8O5S. The van der Waals surface area contributed by atoms with E-state index >= 15 is 0 Å². The first-order chi connectivity index (χ1) is 30.8. The number of H-pyrrole nitrogens is 1. The Morgan fingerprint density at radius 3 is 1.64 bits per heavy atom. The first-order valence-corrected chi connectivity index (χ1v) is 21.7. The predicted molar refractivity (Wildman–Crippen MR) is 251 cm³/mol. The first-order valence-electron chi connectivity index (χ1n) is 20.6. The van der Waals surface area contributed by atoms with Gasteiger partial charge in [-0.05, 0) is 98.3 Å². The molecule has 0 radical (unpaired) electrons. The van der Waals surface area contributed by atoms with E-state index in [1.165, 1.54) is 18.2 Å². The number of rotatable bonds is 13. The van der Waals surface area contributed by atoms with Crippen LogP contribution in [0.2, 0.25) is 0 Å². The van der Waals surface area contributed by atoms with Gasteiger partial charge in [-0.2, -0.15) is 18.9 Å². The SMILES string of the molecule is Cc1ccc(NS(=O)Oc2cc(C(=O)N(c3ccccc3)c3ccccc3)cc(C(=O)N(c3ccccc3)c3ccccc3)c2)cc1C(=O)NC(C)c1n[nH]c2cc(C(C)(C)C)nn12. The van der Waals surface area contributed by atoms with E-state index in [9.17, 15) is 18.6 Å². The lowest BCUT2D eigenvalue weighted by atomic mass is 9.93. The average molecular weight is 871 g/mol. The van der Waals surface area contributed by atoms with E-state index in [-0.39, 0.29) is 28.2 Å². The number of aromatic nitrogens is 4. The number of carbonyl (C=O) groups excluding carboxylic acids is 3. The van der Waals surface area contributed by atoms with Crippen molar-refractivity contribution in [2.45, 2.75) is 46.1 Å². The molecule has 2 unspecified atom stereocenters. The highest BCUT2D eigenvalue weighted by molar-refractivity contribution is 7.82. The van der Waals surface area contributed by atoms with Crippen molar-refractivity contribution in [1.29, 1.82) is 0 Å². The van der Waals surface area contributed by atoms with Gasteiger partial charge in [-0.25, -0.2) is 0 Å². The summed E-state index contributed by atoms with van der Waals surface area (Å²) in [6.45, 7) is 9.85. The Morgan fingerprint density at radius 1 is 0.688 bits per heavy atom. The topological polar surface area (TPSA) is 154 Å². The lowest BCUT2D eigenvalue weighted by molar-refractivity contribution is 0.0935. The van der Waals surface area contributed by atoms with Gasteiger partial charge in [-0.3, -0.25) is 34.0 Å². The quantitative estimate of drug-likeness (QED) is 0.104. The molecule has 6 aromatic carbocycles. The largest absolute Gasteiger partial charge is 0.385 e. The third-order valence-electron chi connectivity index (χ3n) is 10.4. The molecule has 0 aliphatic rings. The Bertz CT molecular complexity index is 2780. The van der Waals surface area contributed by atoms with E-state index in [4.69, 9.17) is 9.28 Å². The van der Waals surface area contributed by atoms with Crippen LogP contribution in [0.25, 0.3) is 5.65 Å². The van der Waals surface area contributed by atoms with Gasteiger partial charge in [-0.1, -0.05) is 99.6 Å². The molecule has 3 amide bonds. The van der Waals surface area contributed by atoms with Crippen molar-refractivity contribution in [2.75, 3.05) is 14.5 Å². The summed E-state index contributed by atoms with van der Waals surface area (Å²) in [5, 5.41) is 15.1. The van der Waals surface area contributed by atoms with E-state index < -0.39 is 29.1 Å². The Morgan fingerprint density at radius 2 is 1.17 bits per heavy atom. The van der Waals surface area contributed by atoms with Crippen LogP contribution >= 0.6 is 0 Å². The standard InChI is InChI=1S/C50H46N8O5S/c1-33-26-27-37(31-43(33)47(59)51-34(2)46-53-52-45-32-44(50(3,4)5)54-58(45)46)55-64(62)63-42-29-35(48(60)56(38-18-10-6-11-19-38)39-20-12-7-13-21-39)28-36(30-42)49(61)57(40-22-14-8-15-23-40)41-24-16-9-17-25-41/h6-32,34,52,55H,1-5H3,(H,51,59). The lowest BCUT2D eigenvalue weighted by Gasteiger charge is -2.25. The molecule has 2 atom stereocenters. The summed E-state index contributed by atoms with van der Waals surface area (Å²) in [5.41, 5.74) is 5.36. The van der Waals surface area contributed by atoms with Gasteiger partial charge < -0.3 is 9.50 Å². The molecule has 8 aromatic rings. The monoisotopic (exact) mass is 870 g/mol. The van der Waals surface area contributed by atoms with Gasteiger partial charge in [0.05, 0.1) is 17.4 Å². The molecule has 2 aromatic heterocycles. The van der Waals surface area contributed by atoms with Crippen LogP contribution in [0.4, 0.5) is 28.4 Å². The Hall–Kier alpha value is -7.84. The molecule has 322 valence electrons. The number of aromatic amines is 1. The van der Waals surface area contributed by atoms with Crippen LogP contribution < -0.4 is 24.0 Å². The summed E-state index contributed by atoms with van der Waals surface area (Å²) in [5.74, 6) is -0.771. The van der Waals surface area contributed by atoms with Crippen LogP contribution in [0.3, 0.4) is 0 Å². The Kier molecular flexibility index (Phi) is 12.2. The number of carbonyl (C=O) groups is 3. The maximum absolute atomic E-state index is 14.8. The van der Waals surface area contributed by atoms with E-state index in [1.54, 1.807) is 39.4 Å². The first kappa shape index (κ1) is 42.8. The van der Waals surface area contributed by atoms with Crippen molar-refractivity contribution in [1.82, 2.24) is 25.1 Å². The highest BCUT2D eigenvalue weighted by atomic mass is 32.2. The maximum atomic E-state index is 14.8. The number of benzene rings is 6. The fraction of sp³-hybridized carbons (Fsp3) is 0.140. The summed E-state index contributed by atoms with van der Waals surface area (Å²) in [6, 6.07) is 47.5. The maximum Gasteiger partial charge on any atom is 0.316 e. The number of aryl methyl sites for hydroxylation is 1. The minimum absolute atomic E-state index is 0.0142. The van der Waals surface area contributed by atoms with E-state index in [2.05, 4.69) is 41.0 Å². The van der Waals surface area contributed by atoms with Gasteiger partial charge in [0.25, 0.3) is 17.7 Å². The van der Waals surface area contributed by atoms with Gasteiger partial charge >= 0.3 is 11.3 Å². The number of hydrogen-bond acceptors (Lipinski definition) is 7. The van der Waals surface area contributed by atoms with E-state index in [1.807, 2.05) is 134 Å². The number of hydrogen-bond donors (Lipinski definition) is 3. The number of amides is 3. The lowest BCUT2D eigenvalue weighted by Crippen LogP contribution is -2.29. The molecule has 8 rings (SSSR count). The number of nitrogens with one attached hydrogen (secondary N) is 3. The molecule has 0 fully saturated rings. The third kappa shape index (κ3) is 9.32. The van der Waals surface area contributed by atoms with E-state index in [0.29, 0.717) is 51.0 Å². The second-order valence-electron chi connectivity index (χ2n) is 16.2. The summed E-state index contributed by atoms with van der Waals surface area (Å²) in [4.78, 5) is 46.3. The van der Waals surface area contributed by atoms with Crippen LogP contribution in [0.1, 0.15) is 81.9 Å². The summed E-state index contributed by atoms with van der Waals surface area (Å²) >= 11 is -2.27. The van der Waals surface area contributed by atoms with Crippen molar-refractivity contribution in [3.05, 3.63) is 198 Å².